The minimum absolute atomic E-state index is 0.0279. The van der Waals surface area contributed by atoms with E-state index >= 15 is 0 Å². The number of rotatable bonds is 3. The minimum Gasteiger partial charge on any atom is -0.468 e. The highest BCUT2D eigenvalue weighted by Gasteiger charge is 2.14. The van der Waals surface area contributed by atoms with Gasteiger partial charge in [0.05, 0.1) is 29.0 Å². The van der Waals surface area contributed by atoms with Crippen LogP contribution in [-0.4, -0.2) is 23.6 Å². The second-order valence-electron chi connectivity index (χ2n) is 6.08. The first-order chi connectivity index (χ1) is 12.9. The molecule has 136 valence electrons. The number of thiazole rings is 1. The Kier molecular flexibility index (Phi) is 5.19. The number of benzene rings is 2. The van der Waals surface area contributed by atoms with Gasteiger partial charge in [-0.05, 0) is 55.3 Å². The van der Waals surface area contributed by atoms with Crippen LogP contribution in [-0.2, 0) is 16.1 Å². The van der Waals surface area contributed by atoms with Crippen molar-refractivity contribution in [1.82, 2.24) is 4.57 Å². The molecule has 6 nitrogen and oxygen atoms in total. The molecule has 0 unspecified atom stereocenters. The van der Waals surface area contributed by atoms with Crippen molar-refractivity contribution >= 4 is 33.4 Å². The zero-order chi connectivity index (χ0) is 19.6. The number of hydrogen-bond donors (Lipinski definition) is 0. The molecule has 2 aromatic carbocycles. The molecule has 0 aliphatic carbocycles. The van der Waals surface area contributed by atoms with Gasteiger partial charge in [-0.15, -0.1) is 0 Å². The molecule has 1 heterocycles. The van der Waals surface area contributed by atoms with Gasteiger partial charge in [-0.3, -0.25) is 9.59 Å². The summed E-state index contributed by atoms with van der Waals surface area (Å²) in [5.74, 6) is -0.846. The van der Waals surface area contributed by atoms with Gasteiger partial charge in [0.25, 0.3) is 5.91 Å². The molecule has 0 N–H and O–H groups in total. The fourth-order valence-corrected chi connectivity index (χ4v) is 4.06. The van der Waals surface area contributed by atoms with Gasteiger partial charge in [-0.1, -0.05) is 17.4 Å². The number of aromatic nitrogens is 1. The molecule has 3 rings (SSSR count). The number of amides is 1. The van der Waals surface area contributed by atoms with Crippen LogP contribution >= 0.6 is 11.3 Å². The molecule has 1 amide bonds. The van der Waals surface area contributed by atoms with Crippen LogP contribution in [0, 0.1) is 25.2 Å². The van der Waals surface area contributed by atoms with Crippen LogP contribution in [0.3, 0.4) is 0 Å². The third-order valence-electron chi connectivity index (χ3n) is 4.08. The number of ether oxygens (including phenoxy) is 1. The Balaban J connectivity index is 2.16. The first kappa shape index (κ1) is 18.5. The van der Waals surface area contributed by atoms with E-state index in [0.29, 0.717) is 15.9 Å². The molecule has 0 saturated carbocycles. The van der Waals surface area contributed by atoms with Crippen molar-refractivity contribution in [2.24, 2.45) is 4.99 Å². The molecule has 0 saturated heterocycles. The van der Waals surface area contributed by atoms with E-state index in [2.05, 4.69) is 4.99 Å². The van der Waals surface area contributed by atoms with Crippen molar-refractivity contribution in [3.05, 3.63) is 63.5 Å². The van der Waals surface area contributed by atoms with Crippen LogP contribution in [0.4, 0.5) is 0 Å². The fourth-order valence-electron chi connectivity index (χ4n) is 2.86. The smallest absolute Gasteiger partial charge is 0.325 e. The molecule has 1 aromatic heterocycles. The monoisotopic (exact) mass is 379 g/mol. The SMILES string of the molecule is COC(=O)Cn1c(=NC(=O)c2ccc(C#N)cc2)sc2cc(C)cc(C)c21. The maximum atomic E-state index is 12.6. The van der Waals surface area contributed by atoms with Crippen molar-refractivity contribution in [3.63, 3.8) is 0 Å². The molecule has 7 heteroatoms. The number of carbonyl (C=O) groups excluding carboxylic acids is 2. The lowest BCUT2D eigenvalue weighted by molar-refractivity contribution is -0.141. The van der Waals surface area contributed by atoms with E-state index in [1.807, 2.05) is 32.0 Å². The van der Waals surface area contributed by atoms with Gasteiger partial charge in [0.15, 0.2) is 4.80 Å². The lowest BCUT2D eigenvalue weighted by Crippen LogP contribution is -2.22. The first-order valence-corrected chi connectivity index (χ1v) is 9.01. The highest BCUT2D eigenvalue weighted by molar-refractivity contribution is 7.16. The lowest BCUT2D eigenvalue weighted by atomic mass is 10.1. The van der Waals surface area contributed by atoms with Crippen LogP contribution in [0.5, 0.6) is 0 Å². The summed E-state index contributed by atoms with van der Waals surface area (Å²) in [6, 6.07) is 12.3. The van der Waals surface area contributed by atoms with Gasteiger partial charge < -0.3 is 9.30 Å². The van der Waals surface area contributed by atoms with Gasteiger partial charge in [0.1, 0.15) is 6.54 Å². The average Bonchev–Trinajstić information content (AvgIpc) is 2.98. The highest BCUT2D eigenvalue weighted by atomic mass is 32.1. The van der Waals surface area contributed by atoms with E-state index < -0.39 is 11.9 Å². The van der Waals surface area contributed by atoms with Crippen molar-refractivity contribution in [1.29, 1.82) is 5.26 Å². The normalized spacial score (nSPS) is 11.4. The Hall–Kier alpha value is -3.24. The number of aryl methyl sites for hydroxylation is 2. The van der Waals surface area contributed by atoms with Crippen molar-refractivity contribution in [2.45, 2.75) is 20.4 Å². The summed E-state index contributed by atoms with van der Waals surface area (Å²) in [5, 5.41) is 8.87. The van der Waals surface area contributed by atoms with Crippen molar-refractivity contribution < 1.29 is 14.3 Å². The third-order valence-corrected chi connectivity index (χ3v) is 5.11. The maximum absolute atomic E-state index is 12.6. The molecule has 3 aromatic rings. The number of fused-ring (bicyclic) bond motifs is 1. The Bertz CT molecular complexity index is 1150. The summed E-state index contributed by atoms with van der Waals surface area (Å²) in [6.45, 7) is 3.93. The van der Waals surface area contributed by atoms with E-state index in [9.17, 15) is 9.59 Å². The standard InChI is InChI=1S/C20H17N3O3S/c1-12-8-13(2)18-16(9-12)27-20(23(18)11-17(24)26-3)22-19(25)15-6-4-14(10-21)5-7-15/h4-9H,11H2,1-3H3. The number of esters is 1. The predicted octanol–water partition coefficient (Wildman–Crippen LogP) is 3.11. The third kappa shape index (κ3) is 3.81. The molecule has 0 atom stereocenters. The molecule has 0 aliphatic rings. The average molecular weight is 379 g/mol. The van der Waals surface area contributed by atoms with Gasteiger partial charge in [-0.25, -0.2) is 0 Å². The maximum Gasteiger partial charge on any atom is 0.325 e. The van der Waals surface area contributed by atoms with Gasteiger partial charge in [-0.2, -0.15) is 10.3 Å². The molecule has 27 heavy (non-hydrogen) atoms. The topological polar surface area (TPSA) is 84.5 Å². The molecule has 0 radical (unpaired) electrons. The van der Waals surface area contributed by atoms with E-state index in [1.54, 1.807) is 28.8 Å². The zero-order valence-corrected chi connectivity index (χ0v) is 16.0. The summed E-state index contributed by atoms with van der Waals surface area (Å²) in [6.07, 6.45) is 0. The first-order valence-electron chi connectivity index (χ1n) is 8.19. The summed E-state index contributed by atoms with van der Waals surface area (Å²) in [4.78, 5) is 29.1. The van der Waals surface area contributed by atoms with Gasteiger partial charge in [0, 0.05) is 5.56 Å². The zero-order valence-electron chi connectivity index (χ0n) is 15.1. The van der Waals surface area contributed by atoms with Crippen molar-refractivity contribution in [3.8, 4) is 6.07 Å². The number of methoxy groups -OCH3 is 1. The summed E-state index contributed by atoms with van der Waals surface area (Å²) >= 11 is 1.35. The van der Waals surface area contributed by atoms with Crippen molar-refractivity contribution in [2.75, 3.05) is 7.11 Å². The molecule has 0 aliphatic heterocycles. The van der Waals surface area contributed by atoms with Crippen LogP contribution in [0.15, 0.2) is 41.4 Å². The highest BCUT2D eigenvalue weighted by Crippen LogP contribution is 2.23. The van der Waals surface area contributed by atoms with Gasteiger partial charge >= 0.3 is 5.97 Å². The Labute approximate surface area is 160 Å². The van der Waals surface area contributed by atoms with Crippen LogP contribution in [0.25, 0.3) is 10.2 Å². The molecule has 0 fully saturated rings. The molecular formula is C20H17N3O3S. The van der Waals surface area contributed by atoms with Crippen LogP contribution in [0.2, 0.25) is 0 Å². The summed E-state index contributed by atoms with van der Waals surface area (Å²) in [7, 11) is 1.33. The summed E-state index contributed by atoms with van der Waals surface area (Å²) in [5.41, 5.74) is 3.81. The van der Waals surface area contributed by atoms with E-state index in [1.165, 1.54) is 18.4 Å². The Morgan fingerprint density at radius 1 is 1.22 bits per heavy atom. The molecule has 0 spiro atoms. The van der Waals surface area contributed by atoms with Crippen LogP contribution in [0.1, 0.15) is 27.0 Å². The minimum atomic E-state index is -0.431. The Morgan fingerprint density at radius 2 is 1.93 bits per heavy atom. The van der Waals surface area contributed by atoms with Gasteiger partial charge in [0.2, 0.25) is 0 Å². The Morgan fingerprint density at radius 3 is 2.56 bits per heavy atom. The largest absolute Gasteiger partial charge is 0.468 e. The molecule has 0 bridgehead atoms. The number of carbonyl (C=O) groups is 2. The number of nitrogens with zero attached hydrogens (tertiary/aromatic N) is 3. The number of hydrogen-bond acceptors (Lipinski definition) is 5. The van der Waals surface area contributed by atoms with E-state index in [4.69, 9.17) is 10.00 Å². The second kappa shape index (κ2) is 7.56. The predicted molar refractivity (Wildman–Crippen MR) is 102 cm³/mol. The number of nitriles is 1. The van der Waals surface area contributed by atoms with Crippen LogP contribution < -0.4 is 4.80 Å². The lowest BCUT2D eigenvalue weighted by Gasteiger charge is -2.06. The summed E-state index contributed by atoms with van der Waals surface area (Å²) < 4.78 is 7.45. The second-order valence-corrected chi connectivity index (χ2v) is 7.09. The molecular weight excluding hydrogens is 362 g/mol. The quantitative estimate of drug-likeness (QED) is 0.655. The fraction of sp³-hybridized carbons (Fsp3) is 0.200. The van der Waals surface area contributed by atoms with E-state index in [0.717, 1.165) is 21.3 Å². The van der Waals surface area contributed by atoms with E-state index in [-0.39, 0.29) is 6.54 Å².